The third kappa shape index (κ3) is 1.74. The van der Waals surface area contributed by atoms with Gasteiger partial charge in [0.15, 0.2) is 0 Å². The van der Waals surface area contributed by atoms with Crippen LogP contribution in [0.4, 0.5) is 0 Å². The zero-order valence-corrected chi connectivity index (χ0v) is 7.61. The third-order valence-corrected chi connectivity index (χ3v) is 2.61. The average Bonchev–Trinajstić information content (AvgIpc) is 3.00. The quantitative estimate of drug-likeness (QED) is 0.736. The summed E-state index contributed by atoms with van der Waals surface area (Å²) in [7, 11) is 0. The molecule has 2 nitrogen and oxygen atoms in total. The topological polar surface area (TPSA) is 46.2 Å². The van der Waals surface area contributed by atoms with Crippen LogP contribution in [0.3, 0.4) is 0 Å². The number of aliphatic hydroxyl groups excluding tert-OH is 1. The van der Waals surface area contributed by atoms with Gasteiger partial charge >= 0.3 is 0 Å². The monoisotopic (exact) mass is 177 g/mol. The van der Waals surface area contributed by atoms with Gasteiger partial charge in [-0.2, -0.15) is 0 Å². The lowest BCUT2D eigenvalue weighted by Crippen LogP contribution is -2.16. The maximum atomic E-state index is 8.99. The first kappa shape index (κ1) is 8.73. The second kappa shape index (κ2) is 3.48. The first-order valence-electron chi connectivity index (χ1n) is 4.78. The van der Waals surface area contributed by atoms with Gasteiger partial charge in [0.2, 0.25) is 0 Å². The molecule has 2 heteroatoms. The molecular weight excluding hydrogens is 162 g/mol. The van der Waals surface area contributed by atoms with E-state index < -0.39 is 0 Å². The van der Waals surface area contributed by atoms with Gasteiger partial charge in [0, 0.05) is 0 Å². The minimum absolute atomic E-state index is 0.0315. The molecule has 13 heavy (non-hydrogen) atoms. The van der Waals surface area contributed by atoms with E-state index in [0.29, 0.717) is 5.92 Å². The molecule has 0 saturated heterocycles. The highest BCUT2D eigenvalue weighted by atomic mass is 16.3. The summed E-state index contributed by atoms with van der Waals surface area (Å²) in [5.74, 6) is 0.703. The minimum atomic E-state index is -0.211. The standard InChI is InChI=1S/C11H15NO/c12-11(7-13)10-4-2-1-3-9(10)8-5-6-8/h1-4,8,11,13H,5-7,12H2/t11-/m1/s1. The summed E-state index contributed by atoms with van der Waals surface area (Å²) < 4.78 is 0. The summed E-state index contributed by atoms with van der Waals surface area (Å²) in [5, 5.41) is 8.99. The van der Waals surface area contributed by atoms with Crippen molar-refractivity contribution in [2.45, 2.75) is 24.8 Å². The zero-order chi connectivity index (χ0) is 9.26. The Bertz CT molecular complexity index is 294. The van der Waals surface area contributed by atoms with Gasteiger partial charge in [0.1, 0.15) is 0 Å². The second-order valence-electron chi connectivity index (χ2n) is 3.69. The highest BCUT2D eigenvalue weighted by Gasteiger charge is 2.26. The third-order valence-electron chi connectivity index (χ3n) is 2.61. The molecule has 1 saturated carbocycles. The predicted molar refractivity (Wildman–Crippen MR) is 52.4 cm³/mol. The van der Waals surface area contributed by atoms with Crippen LogP contribution in [0.1, 0.15) is 35.9 Å². The molecule has 0 spiro atoms. The molecule has 1 aliphatic rings. The molecule has 1 aromatic rings. The molecule has 0 bridgehead atoms. The van der Waals surface area contributed by atoms with Crippen LogP contribution >= 0.6 is 0 Å². The van der Waals surface area contributed by atoms with Crippen molar-refractivity contribution >= 4 is 0 Å². The molecule has 0 amide bonds. The van der Waals surface area contributed by atoms with Crippen molar-refractivity contribution < 1.29 is 5.11 Å². The molecule has 0 aromatic heterocycles. The molecule has 1 aromatic carbocycles. The van der Waals surface area contributed by atoms with E-state index in [1.165, 1.54) is 18.4 Å². The maximum absolute atomic E-state index is 8.99. The fourth-order valence-electron chi connectivity index (χ4n) is 1.71. The summed E-state index contributed by atoms with van der Waals surface area (Å²) >= 11 is 0. The predicted octanol–water partition coefficient (Wildman–Crippen LogP) is 1.56. The molecule has 1 atom stereocenters. The number of hydrogen-bond acceptors (Lipinski definition) is 2. The Kier molecular flexibility index (Phi) is 2.34. The average molecular weight is 177 g/mol. The van der Waals surface area contributed by atoms with Crippen LogP contribution in [0.2, 0.25) is 0 Å². The Morgan fingerprint density at radius 3 is 2.69 bits per heavy atom. The number of hydrogen-bond donors (Lipinski definition) is 2. The molecule has 0 unspecified atom stereocenters. The normalized spacial score (nSPS) is 18.6. The van der Waals surface area contributed by atoms with E-state index >= 15 is 0 Å². The lowest BCUT2D eigenvalue weighted by molar-refractivity contribution is 0.267. The SMILES string of the molecule is N[C@H](CO)c1ccccc1C1CC1. The summed E-state index contributed by atoms with van der Waals surface area (Å²) in [4.78, 5) is 0. The number of nitrogens with two attached hydrogens (primary N) is 1. The molecule has 2 rings (SSSR count). The molecule has 70 valence electrons. The summed E-state index contributed by atoms with van der Waals surface area (Å²) in [6, 6.07) is 7.96. The Morgan fingerprint density at radius 2 is 2.08 bits per heavy atom. The van der Waals surface area contributed by atoms with E-state index in [1.54, 1.807) is 0 Å². The van der Waals surface area contributed by atoms with Gasteiger partial charge < -0.3 is 10.8 Å². The van der Waals surface area contributed by atoms with Gasteiger partial charge in [0.05, 0.1) is 12.6 Å². The Hall–Kier alpha value is -0.860. The van der Waals surface area contributed by atoms with Crippen LogP contribution in [-0.4, -0.2) is 11.7 Å². The highest BCUT2D eigenvalue weighted by Crippen LogP contribution is 2.42. The van der Waals surface area contributed by atoms with E-state index in [0.717, 1.165) is 5.56 Å². The molecular formula is C11H15NO. The van der Waals surface area contributed by atoms with Crippen LogP contribution in [-0.2, 0) is 0 Å². The van der Waals surface area contributed by atoms with Gasteiger partial charge in [-0.25, -0.2) is 0 Å². The highest BCUT2D eigenvalue weighted by molar-refractivity contribution is 5.35. The summed E-state index contributed by atoms with van der Waals surface area (Å²) in [6.07, 6.45) is 2.55. The largest absolute Gasteiger partial charge is 0.394 e. The maximum Gasteiger partial charge on any atom is 0.0624 e. The number of rotatable bonds is 3. The molecule has 3 N–H and O–H groups in total. The molecule has 0 radical (unpaired) electrons. The van der Waals surface area contributed by atoms with Crippen molar-refractivity contribution in [2.75, 3.05) is 6.61 Å². The van der Waals surface area contributed by atoms with Crippen molar-refractivity contribution in [3.05, 3.63) is 35.4 Å². The van der Waals surface area contributed by atoms with Gasteiger partial charge in [-0.1, -0.05) is 24.3 Å². The fourth-order valence-corrected chi connectivity index (χ4v) is 1.71. The Labute approximate surface area is 78.4 Å². The van der Waals surface area contributed by atoms with Gasteiger partial charge in [-0.05, 0) is 29.9 Å². The minimum Gasteiger partial charge on any atom is -0.394 e. The Balaban J connectivity index is 2.31. The second-order valence-corrected chi connectivity index (χ2v) is 3.69. The van der Waals surface area contributed by atoms with Gasteiger partial charge in [-0.3, -0.25) is 0 Å². The van der Waals surface area contributed by atoms with Crippen LogP contribution in [0, 0.1) is 0 Å². The summed E-state index contributed by atoms with van der Waals surface area (Å²) in [5.41, 5.74) is 8.27. The van der Waals surface area contributed by atoms with Crippen molar-refractivity contribution in [1.82, 2.24) is 0 Å². The first-order valence-corrected chi connectivity index (χ1v) is 4.78. The zero-order valence-electron chi connectivity index (χ0n) is 7.61. The van der Waals surface area contributed by atoms with Crippen molar-refractivity contribution in [2.24, 2.45) is 5.73 Å². The first-order chi connectivity index (χ1) is 6.33. The number of aliphatic hydroxyl groups is 1. The number of benzene rings is 1. The summed E-state index contributed by atoms with van der Waals surface area (Å²) in [6.45, 7) is 0.0315. The van der Waals surface area contributed by atoms with E-state index in [1.807, 2.05) is 18.2 Å². The fraction of sp³-hybridized carbons (Fsp3) is 0.455. The van der Waals surface area contributed by atoms with Gasteiger partial charge in [-0.15, -0.1) is 0 Å². The molecule has 0 aliphatic heterocycles. The van der Waals surface area contributed by atoms with Crippen molar-refractivity contribution in [3.63, 3.8) is 0 Å². The van der Waals surface area contributed by atoms with Crippen molar-refractivity contribution in [1.29, 1.82) is 0 Å². The van der Waals surface area contributed by atoms with Crippen LogP contribution in [0.25, 0.3) is 0 Å². The smallest absolute Gasteiger partial charge is 0.0624 e. The van der Waals surface area contributed by atoms with E-state index in [9.17, 15) is 0 Å². The Morgan fingerprint density at radius 1 is 1.38 bits per heavy atom. The van der Waals surface area contributed by atoms with Crippen molar-refractivity contribution in [3.8, 4) is 0 Å². The molecule has 1 fully saturated rings. The van der Waals surface area contributed by atoms with E-state index in [4.69, 9.17) is 10.8 Å². The lowest BCUT2D eigenvalue weighted by atomic mass is 9.98. The van der Waals surface area contributed by atoms with Crippen LogP contribution < -0.4 is 5.73 Å². The lowest BCUT2D eigenvalue weighted by Gasteiger charge is -2.13. The molecule has 0 heterocycles. The van der Waals surface area contributed by atoms with E-state index in [-0.39, 0.29) is 12.6 Å². The van der Waals surface area contributed by atoms with Crippen LogP contribution in [0.5, 0.6) is 0 Å². The van der Waals surface area contributed by atoms with Gasteiger partial charge in [0.25, 0.3) is 0 Å². The van der Waals surface area contributed by atoms with Crippen LogP contribution in [0.15, 0.2) is 24.3 Å². The van der Waals surface area contributed by atoms with E-state index in [2.05, 4.69) is 6.07 Å². The molecule has 1 aliphatic carbocycles.